The van der Waals surface area contributed by atoms with Crippen molar-refractivity contribution in [1.29, 1.82) is 0 Å². The summed E-state index contributed by atoms with van der Waals surface area (Å²) in [5.74, 6) is -0.0196. The minimum Gasteiger partial charge on any atom is -0.386 e. The van der Waals surface area contributed by atoms with Crippen molar-refractivity contribution >= 4 is 17.4 Å². The van der Waals surface area contributed by atoms with Gasteiger partial charge in [-0.1, -0.05) is 0 Å². The number of rotatable bonds is 3. The first-order chi connectivity index (χ1) is 6.19. The fraction of sp³-hybridized carbons (Fsp3) is 0.286. The van der Waals surface area contributed by atoms with E-state index in [2.05, 4.69) is 20.8 Å². The second-order valence-electron chi connectivity index (χ2n) is 2.36. The van der Waals surface area contributed by atoms with E-state index >= 15 is 0 Å². The van der Waals surface area contributed by atoms with Gasteiger partial charge in [0.15, 0.2) is 11.5 Å². The van der Waals surface area contributed by atoms with E-state index in [9.17, 15) is 4.79 Å². The van der Waals surface area contributed by atoms with Crippen LogP contribution in [-0.4, -0.2) is 30.2 Å². The smallest absolute Gasteiger partial charge is 0.271 e. The van der Waals surface area contributed by atoms with Crippen molar-refractivity contribution in [1.82, 2.24) is 10.2 Å². The van der Waals surface area contributed by atoms with Gasteiger partial charge in [0, 0.05) is 20.2 Å². The Kier molecular flexibility index (Phi) is 2.63. The maximum Gasteiger partial charge on any atom is 0.271 e. The largest absolute Gasteiger partial charge is 0.386 e. The second-order valence-corrected chi connectivity index (χ2v) is 2.36. The lowest BCUT2D eigenvalue weighted by molar-refractivity contribution is 0.0995. The standard InChI is InChI=1S/C7H11N5O/c1-9-4-3-5(10-2)11-12-6(4)7(8)13/h3H,1-2H3,(H2,8,13)(H2,9,10,11). The number of nitrogens with one attached hydrogen (secondary N) is 2. The van der Waals surface area contributed by atoms with Crippen LogP contribution in [0.15, 0.2) is 6.07 Å². The zero-order valence-corrected chi connectivity index (χ0v) is 7.46. The molecule has 0 fully saturated rings. The molecular formula is C7H11N5O. The molecule has 0 aliphatic rings. The van der Waals surface area contributed by atoms with Crippen molar-refractivity contribution in [2.24, 2.45) is 5.73 Å². The quantitative estimate of drug-likeness (QED) is 0.593. The van der Waals surface area contributed by atoms with Crippen LogP contribution in [-0.2, 0) is 0 Å². The van der Waals surface area contributed by atoms with Crippen LogP contribution in [0.2, 0.25) is 0 Å². The summed E-state index contributed by atoms with van der Waals surface area (Å²) in [7, 11) is 3.40. The lowest BCUT2D eigenvalue weighted by atomic mass is 10.3. The minimum absolute atomic E-state index is 0.140. The number of anilines is 2. The normalized spacial score (nSPS) is 9.38. The van der Waals surface area contributed by atoms with Gasteiger partial charge in [-0.15, -0.1) is 10.2 Å². The Balaban J connectivity index is 3.15. The van der Waals surface area contributed by atoms with Gasteiger partial charge >= 0.3 is 0 Å². The predicted molar refractivity (Wildman–Crippen MR) is 49.6 cm³/mol. The summed E-state index contributed by atoms with van der Waals surface area (Å²) in [6.45, 7) is 0. The molecule has 1 rings (SSSR count). The van der Waals surface area contributed by atoms with Crippen molar-refractivity contribution in [3.05, 3.63) is 11.8 Å². The third-order valence-corrected chi connectivity index (χ3v) is 1.55. The molecule has 0 atom stereocenters. The molecular weight excluding hydrogens is 170 g/mol. The van der Waals surface area contributed by atoms with Gasteiger partial charge in [0.1, 0.15) is 0 Å². The summed E-state index contributed by atoms with van der Waals surface area (Å²) in [5, 5.41) is 13.0. The number of nitrogens with zero attached hydrogens (tertiary/aromatic N) is 2. The molecule has 13 heavy (non-hydrogen) atoms. The molecule has 1 aromatic rings. The first-order valence-corrected chi connectivity index (χ1v) is 3.72. The average Bonchev–Trinajstić information content (AvgIpc) is 2.16. The number of hydrogen-bond acceptors (Lipinski definition) is 5. The van der Waals surface area contributed by atoms with Gasteiger partial charge in [-0.05, 0) is 0 Å². The van der Waals surface area contributed by atoms with E-state index in [1.54, 1.807) is 20.2 Å². The number of hydrogen-bond donors (Lipinski definition) is 3. The van der Waals surface area contributed by atoms with Crippen LogP contribution in [0.4, 0.5) is 11.5 Å². The molecule has 1 amide bonds. The summed E-state index contributed by atoms with van der Waals surface area (Å²) in [5.41, 5.74) is 5.78. The van der Waals surface area contributed by atoms with Gasteiger partial charge in [-0.2, -0.15) is 0 Å². The number of amides is 1. The van der Waals surface area contributed by atoms with Crippen molar-refractivity contribution in [3.8, 4) is 0 Å². The summed E-state index contributed by atoms with van der Waals surface area (Å²) < 4.78 is 0. The first kappa shape index (κ1) is 9.24. The Bertz CT molecular complexity index is 325. The topological polar surface area (TPSA) is 92.9 Å². The summed E-state index contributed by atoms with van der Waals surface area (Å²) in [6.07, 6.45) is 0. The summed E-state index contributed by atoms with van der Waals surface area (Å²) in [6, 6.07) is 1.66. The van der Waals surface area contributed by atoms with E-state index in [0.717, 1.165) is 0 Å². The van der Waals surface area contributed by atoms with Crippen LogP contribution in [0.25, 0.3) is 0 Å². The second kappa shape index (κ2) is 3.70. The van der Waals surface area contributed by atoms with E-state index in [4.69, 9.17) is 5.73 Å². The molecule has 1 aromatic heterocycles. The Hall–Kier alpha value is -1.85. The highest BCUT2D eigenvalue weighted by Gasteiger charge is 2.09. The van der Waals surface area contributed by atoms with E-state index in [0.29, 0.717) is 11.5 Å². The van der Waals surface area contributed by atoms with E-state index in [-0.39, 0.29) is 5.69 Å². The van der Waals surface area contributed by atoms with Crippen LogP contribution in [0.5, 0.6) is 0 Å². The Morgan fingerprint density at radius 1 is 1.38 bits per heavy atom. The molecule has 0 aliphatic carbocycles. The van der Waals surface area contributed by atoms with Crippen LogP contribution in [0.1, 0.15) is 10.5 Å². The number of nitrogens with two attached hydrogens (primary N) is 1. The molecule has 6 heteroatoms. The molecule has 0 aliphatic heterocycles. The average molecular weight is 181 g/mol. The van der Waals surface area contributed by atoms with E-state index < -0.39 is 5.91 Å². The van der Waals surface area contributed by atoms with Gasteiger partial charge in [0.05, 0.1) is 5.69 Å². The molecule has 70 valence electrons. The summed E-state index contributed by atoms with van der Waals surface area (Å²) in [4.78, 5) is 10.8. The first-order valence-electron chi connectivity index (χ1n) is 3.72. The monoisotopic (exact) mass is 181 g/mol. The summed E-state index contributed by atoms with van der Waals surface area (Å²) >= 11 is 0. The number of aromatic nitrogens is 2. The maximum atomic E-state index is 10.8. The highest BCUT2D eigenvalue weighted by atomic mass is 16.1. The molecule has 0 saturated heterocycles. The van der Waals surface area contributed by atoms with E-state index in [1.165, 1.54) is 0 Å². The van der Waals surface area contributed by atoms with Crippen LogP contribution in [0, 0.1) is 0 Å². The maximum absolute atomic E-state index is 10.8. The molecule has 6 nitrogen and oxygen atoms in total. The molecule has 1 heterocycles. The highest BCUT2D eigenvalue weighted by Crippen LogP contribution is 2.14. The Morgan fingerprint density at radius 2 is 2.08 bits per heavy atom. The van der Waals surface area contributed by atoms with E-state index in [1.807, 2.05) is 0 Å². The number of carbonyl (C=O) groups excluding carboxylic acids is 1. The van der Waals surface area contributed by atoms with Gasteiger partial charge in [0.2, 0.25) is 0 Å². The molecule has 0 aromatic carbocycles. The molecule has 0 saturated carbocycles. The van der Waals surface area contributed by atoms with Crippen molar-refractivity contribution in [2.45, 2.75) is 0 Å². The fourth-order valence-electron chi connectivity index (χ4n) is 0.886. The van der Waals surface area contributed by atoms with Gasteiger partial charge in [-0.25, -0.2) is 0 Å². The third-order valence-electron chi connectivity index (χ3n) is 1.55. The van der Waals surface area contributed by atoms with Crippen molar-refractivity contribution in [2.75, 3.05) is 24.7 Å². The van der Waals surface area contributed by atoms with Crippen molar-refractivity contribution in [3.63, 3.8) is 0 Å². The Labute approximate surface area is 75.5 Å². The van der Waals surface area contributed by atoms with Gasteiger partial charge < -0.3 is 16.4 Å². The Morgan fingerprint density at radius 3 is 2.54 bits per heavy atom. The fourth-order valence-corrected chi connectivity index (χ4v) is 0.886. The lowest BCUT2D eigenvalue weighted by Gasteiger charge is -2.05. The lowest BCUT2D eigenvalue weighted by Crippen LogP contribution is -2.16. The van der Waals surface area contributed by atoms with Crippen LogP contribution in [0.3, 0.4) is 0 Å². The number of primary amides is 1. The van der Waals surface area contributed by atoms with Crippen LogP contribution < -0.4 is 16.4 Å². The predicted octanol–water partition coefficient (Wildman–Crippen LogP) is -0.341. The zero-order chi connectivity index (χ0) is 9.84. The van der Waals surface area contributed by atoms with Crippen LogP contribution >= 0.6 is 0 Å². The number of carbonyl (C=O) groups is 1. The molecule has 0 unspecified atom stereocenters. The highest BCUT2D eigenvalue weighted by molar-refractivity contribution is 5.96. The zero-order valence-electron chi connectivity index (χ0n) is 7.46. The van der Waals surface area contributed by atoms with Gasteiger partial charge in [0.25, 0.3) is 5.91 Å². The molecule has 4 N–H and O–H groups in total. The van der Waals surface area contributed by atoms with Crippen molar-refractivity contribution < 1.29 is 4.79 Å². The minimum atomic E-state index is -0.598. The SMILES string of the molecule is CNc1cc(NC)c(C(N)=O)nn1. The molecule has 0 bridgehead atoms. The molecule has 0 radical (unpaired) electrons. The van der Waals surface area contributed by atoms with Gasteiger partial charge in [-0.3, -0.25) is 4.79 Å². The molecule has 0 spiro atoms. The third kappa shape index (κ3) is 1.84.